The van der Waals surface area contributed by atoms with Crippen LogP contribution in [0.3, 0.4) is 0 Å². The smallest absolute Gasteiger partial charge is 0.244 e. The first-order valence-electron chi connectivity index (χ1n) is 12.7. The van der Waals surface area contributed by atoms with Gasteiger partial charge in [-0.15, -0.1) is 0 Å². The molecule has 36 heavy (non-hydrogen) atoms. The monoisotopic (exact) mass is 513 g/mol. The largest absolute Gasteiger partial charge is 0.352 e. The lowest BCUT2D eigenvalue weighted by atomic mass is 10.1. The number of carbonyl (C=O) groups is 2. The molecule has 196 valence electrons. The lowest BCUT2D eigenvalue weighted by Crippen LogP contribution is -2.53. The number of benzene rings is 2. The van der Waals surface area contributed by atoms with Gasteiger partial charge in [0.25, 0.3) is 0 Å². The van der Waals surface area contributed by atoms with Crippen LogP contribution in [0.2, 0.25) is 0 Å². The van der Waals surface area contributed by atoms with E-state index < -0.39 is 22.0 Å². The lowest BCUT2D eigenvalue weighted by Gasteiger charge is -2.34. The zero-order chi connectivity index (χ0) is 26.5. The molecule has 1 aliphatic carbocycles. The van der Waals surface area contributed by atoms with Crippen LogP contribution in [0.25, 0.3) is 0 Å². The number of carbonyl (C=O) groups excluding carboxylic acids is 2. The van der Waals surface area contributed by atoms with Crippen molar-refractivity contribution in [2.75, 3.05) is 17.1 Å². The molecule has 0 radical (unpaired) electrons. The Morgan fingerprint density at radius 3 is 2.19 bits per heavy atom. The van der Waals surface area contributed by atoms with Crippen LogP contribution in [0.15, 0.2) is 42.5 Å². The fourth-order valence-corrected chi connectivity index (χ4v) is 5.80. The van der Waals surface area contributed by atoms with Crippen molar-refractivity contribution in [1.82, 2.24) is 10.2 Å². The van der Waals surface area contributed by atoms with Gasteiger partial charge in [-0.25, -0.2) is 8.42 Å². The van der Waals surface area contributed by atoms with E-state index in [4.69, 9.17) is 0 Å². The molecule has 7 nitrogen and oxygen atoms in total. The second-order valence-corrected chi connectivity index (χ2v) is 11.9. The van der Waals surface area contributed by atoms with Crippen molar-refractivity contribution >= 4 is 27.5 Å². The molecule has 0 heterocycles. The lowest BCUT2D eigenvalue weighted by molar-refractivity contribution is -0.140. The highest BCUT2D eigenvalue weighted by Crippen LogP contribution is 2.24. The molecule has 2 aromatic rings. The highest BCUT2D eigenvalue weighted by molar-refractivity contribution is 7.92. The first kappa shape index (κ1) is 27.7. The molecular weight excluding hydrogens is 474 g/mol. The van der Waals surface area contributed by atoms with Crippen molar-refractivity contribution in [1.29, 1.82) is 0 Å². The Morgan fingerprint density at radius 2 is 1.64 bits per heavy atom. The number of hydrogen-bond acceptors (Lipinski definition) is 4. The molecule has 0 saturated heterocycles. The van der Waals surface area contributed by atoms with Crippen molar-refractivity contribution in [3.63, 3.8) is 0 Å². The van der Waals surface area contributed by atoms with Crippen LogP contribution in [-0.4, -0.2) is 50.0 Å². The van der Waals surface area contributed by atoms with Gasteiger partial charge in [0, 0.05) is 12.6 Å². The predicted octanol–water partition coefficient (Wildman–Crippen LogP) is 4.24. The number of nitrogens with zero attached hydrogens (tertiary/aromatic N) is 2. The van der Waals surface area contributed by atoms with Crippen molar-refractivity contribution in [2.24, 2.45) is 0 Å². The summed E-state index contributed by atoms with van der Waals surface area (Å²) >= 11 is 0. The minimum Gasteiger partial charge on any atom is -0.352 e. The third kappa shape index (κ3) is 7.09. The van der Waals surface area contributed by atoms with E-state index in [9.17, 15) is 18.0 Å². The Morgan fingerprint density at radius 1 is 1.03 bits per heavy atom. The molecule has 3 rings (SSSR count). The summed E-state index contributed by atoms with van der Waals surface area (Å²) in [7, 11) is -3.75. The maximum absolute atomic E-state index is 13.8. The topological polar surface area (TPSA) is 86.8 Å². The summed E-state index contributed by atoms with van der Waals surface area (Å²) in [5, 5.41) is 3.13. The van der Waals surface area contributed by atoms with Crippen LogP contribution in [0.5, 0.6) is 0 Å². The summed E-state index contributed by atoms with van der Waals surface area (Å²) in [6.07, 6.45) is 5.61. The molecule has 0 aromatic heterocycles. The molecule has 1 atom stereocenters. The van der Waals surface area contributed by atoms with Crippen LogP contribution >= 0.6 is 0 Å². The van der Waals surface area contributed by atoms with Crippen molar-refractivity contribution in [2.45, 2.75) is 78.4 Å². The van der Waals surface area contributed by atoms with Gasteiger partial charge in [-0.05, 0) is 74.4 Å². The number of sulfonamides is 1. The third-order valence-electron chi connectivity index (χ3n) is 6.86. The van der Waals surface area contributed by atoms with Crippen LogP contribution in [0.4, 0.5) is 5.69 Å². The van der Waals surface area contributed by atoms with E-state index in [1.807, 2.05) is 58.0 Å². The molecule has 2 aromatic carbocycles. The molecular formula is C28H39N3O4S. The molecule has 2 amide bonds. The molecule has 0 spiro atoms. The molecule has 0 bridgehead atoms. The minimum absolute atomic E-state index is 0.129. The highest BCUT2D eigenvalue weighted by Gasteiger charge is 2.33. The first-order valence-corrected chi connectivity index (χ1v) is 14.5. The van der Waals surface area contributed by atoms with Crippen molar-refractivity contribution < 1.29 is 18.0 Å². The van der Waals surface area contributed by atoms with Gasteiger partial charge in [-0.3, -0.25) is 13.9 Å². The Labute approximate surface area is 215 Å². The first-order chi connectivity index (χ1) is 17.0. The van der Waals surface area contributed by atoms with Gasteiger partial charge in [0.15, 0.2) is 0 Å². The van der Waals surface area contributed by atoms with E-state index >= 15 is 0 Å². The molecule has 1 N–H and O–H groups in total. The average Bonchev–Trinajstić information content (AvgIpc) is 3.30. The molecule has 1 unspecified atom stereocenters. The average molecular weight is 514 g/mol. The zero-order valence-corrected chi connectivity index (χ0v) is 22.9. The van der Waals surface area contributed by atoms with Gasteiger partial charge >= 0.3 is 0 Å². The molecule has 0 aliphatic heterocycles. The summed E-state index contributed by atoms with van der Waals surface area (Å²) in [5.41, 5.74) is 4.20. The van der Waals surface area contributed by atoms with Crippen LogP contribution in [0, 0.1) is 20.8 Å². The maximum atomic E-state index is 13.8. The summed E-state index contributed by atoms with van der Waals surface area (Å²) in [5.74, 6) is -0.583. The fraction of sp³-hybridized carbons (Fsp3) is 0.500. The standard InChI is InChI=1S/C28H39N3O4S/c1-6-26(28(33)29-24-13-9-10-14-24)30(18-23-12-8-7-11-22(23)4)27(32)19-31(36(5,34)35)25-16-20(2)15-21(3)17-25/h7-8,11-12,15-17,24,26H,6,9-10,13-14,18-19H2,1-5H3,(H,29,33). The van der Waals surface area contributed by atoms with Gasteiger partial charge in [-0.1, -0.05) is 50.1 Å². The van der Waals surface area contributed by atoms with E-state index in [0.717, 1.165) is 58.5 Å². The summed E-state index contributed by atoms with van der Waals surface area (Å²) in [6, 6.07) is 12.7. The number of aryl methyl sites for hydroxylation is 3. The number of nitrogens with one attached hydrogen (secondary N) is 1. The number of amides is 2. The summed E-state index contributed by atoms with van der Waals surface area (Å²) in [4.78, 5) is 28.7. The van der Waals surface area contributed by atoms with Crippen molar-refractivity contribution in [3.8, 4) is 0 Å². The SMILES string of the molecule is CCC(C(=O)NC1CCCC1)N(Cc1ccccc1C)C(=O)CN(c1cc(C)cc(C)c1)S(C)(=O)=O. The summed E-state index contributed by atoms with van der Waals surface area (Å²) < 4.78 is 26.7. The molecule has 1 fully saturated rings. The molecule has 1 saturated carbocycles. The number of anilines is 1. The molecule has 8 heteroatoms. The van der Waals surface area contributed by atoms with E-state index in [-0.39, 0.29) is 25.0 Å². The summed E-state index contributed by atoms with van der Waals surface area (Å²) in [6.45, 7) is 7.49. The van der Waals surface area contributed by atoms with Crippen LogP contribution < -0.4 is 9.62 Å². The van der Waals surface area contributed by atoms with Gasteiger partial charge in [0.1, 0.15) is 12.6 Å². The Balaban J connectivity index is 1.95. The third-order valence-corrected chi connectivity index (χ3v) is 8.00. The van der Waals surface area contributed by atoms with Crippen LogP contribution in [-0.2, 0) is 26.2 Å². The van der Waals surface area contributed by atoms with E-state index in [1.54, 1.807) is 17.0 Å². The Hall–Kier alpha value is -2.87. The Bertz CT molecular complexity index is 1170. The second-order valence-electron chi connectivity index (χ2n) is 9.98. The van der Waals surface area contributed by atoms with Crippen LogP contribution in [0.1, 0.15) is 61.3 Å². The second kappa shape index (κ2) is 11.9. The van der Waals surface area contributed by atoms with Gasteiger partial charge in [-0.2, -0.15) is 0 Å². The van der Waals surface area contributed by atoms with E-state index in [2.05, 4.69) is 5.32 Å². The van der Waals surface area contributed by atoms with Gasteiger partial charge in [0.05, 0.1) is 11.9 Å². The van der Waals surface area contributed by atoms with E-state index in [0.29, 0.717) is 12.1 Å². The molecule has 1 aliphatic rings. The highest BCUT2D eigenvalue weighted by atomic mass is 32.2. The normalized spacial score (nSPS) is 14.9. The minimum atomic E-state index is -3.75. The van der Waals surface area contributed by atoms with Gasteiger partial charge < -0.3 is 10.2 Å². The Kier molecular flexibility index (Phi) is 9.17. The number of hydrogen-bond donors (Lipinski definition) is 1. The van der Waals surface area contributed by atoms with E-state index in [1.165, 1.54) is 0 Å². The predicted molar refractivity (Wildman–Crippen MR) is 144 cm³/mol. The van der Waals surface area contributed by atoms with Crippen molar-refractivity contribution in [3.05, 3.63) is 64.7 Å². The fourth-order valence-electron chi connectivity index (χ4n) is 4.97. The zero-order valence-electron chi connectivity index (χ0n) is 22.1. The van der Waals surface area contributed by atoms with Gasteiger partial charge in [0.2, 0.25) is 21.8 Å². The maximum Gasteiger partial charge on any atom is 0.244 e. The number of rotatable bonds is 10. The quantitative estimate of drug-likeness (QED) is 0.515.